The molecule has 3 aliphatic rings. The van der Waals surface area contributed by atoms with E-state index in [1.165, 1.54) is 6.92 Å². The molecule has 3 fully saturated rings. The first kappa shape index (κ1) is 42.4. The van der Waals surface area contributed by atoms with Gasteiger partial charge < -0.3 is 74.8 Å². The van der Waals surface area contributed by atoms with Crippen molar-refractivity contribution in [2.24, 2.45) is 0 Å². The zero-order chi connectivity index (χ0) is 37.9. The van der Waals surface area contributed by atoms with Crippen LogP contribution >= 0.6 is 0 Å². The van der Waals surface area contributed by atoms with Gasteiger partial charge in [0.1, 0.15) is 61.0 Å². The fourth-order valence-corrected chi connectivity index (χ4v) is 6.53. The molecular weight excluding hydrogens is 688 g/mol. The molecule has 3 aliphatic heterocycles. The lowest BCUT2D eigenvalue weighted by Gasteiger charge is -2.48. The number of ether oxygens (including phenoxy) is 6. The SMILES string of the molecule is CCCCCCCCO[C@@H]1O[C@H](CO[C@H]2O[C@H](C)[C@@H](NC(=O)c3ccccc3)[C@H](O)[C@@H]2O[C@@H]2O[C@H](CO)[C@@H](O)[C@H](O)[C@H]2NC(C)=O)[C@@H](O)[C@H](O)[C@H]1O. The average molecular weight is 745 g/mol. The van der Waals surface area contributed by atoms with Crippen LogP contribution in [0, 0.1) is 0 Å². The Balaban J connectivity index is 1.51. The van der Waals surface area contributed by atoms with Crippen LogP contribution in [0.3, 0.4) is 0 Å². The van der Waals surface area contributed by atoms with Crippen LogP contribution in [0.2, 0.25) is 0 Å². The number of hydrogen-bond acceptors (Lipinski definition) is 15. The summed E-state index contributed by atoms with van der Waals surface area (Å²) in [4.78, 5) is 25.2. The number of aliphatic hydroxyl groups is 7. The fourth-order valence-electron chi connectivity index (χ4n) is 6.53. The van der Waals surface area contributed by atoms with E-state index < -0.39 is 117 Å². The van der Waals surface area contributed by atoms with Crippen molar-refractivity contribution in [3.8, 4) is 0 Å². The molecule has 3 saturated heterocycles. The van der Waals surface area contributed by atoms with Gasteiger partial charge in [-0.15, -0.1) is 0 Å². The molecule has 0 spiro atoms. The van der Waals surface area contributed by atoms with Crippen LogP contribution in [0.1, 0.15) is 69.7 Å². The number of aliphatic hydroxyl groups excluding tert-OH is 7. The third-order valence-corrected chi connectivity index (χ3v) is 9.58. The van der Waals surface area contributed by atoms with Gasteiger partial charge in [0.15, 0.2) is 18.9 Å². The molecule has 15 atom stereocenters. The molecule has 2 amide bonds. The molecule has 1 aromatic rings. The zero-order valence-electron chi connectivity index (χ0n) is 29.8. The molecule has 0 bridgehead atoms. The molecule has 0 aromatic heterocycles. The Hall–Kier alpha value is -2.36. The summed E-state index contributed by atoms with van der Waals surface area (Å²) < 4.78 is 35.5. The van der Waals surface area contributed by atoms with Crippen molar-refractivity contribution in [3.63, 3.8) is 0 Å². The van der Waals surface area contributed by atoms with Crippen molar-refractivity contribution in [1.29, 1.82) is 0 Å². The third-order valence-electron chi connectivity index (χ3n) is 9.58. The lowest BCUT2D eigenvalue weighted by atomic mass is 9.94. The molecule has 0 unspecified atom stereocenters. The first-order valence-electron chi connectivity index (χ1n) is 18.0. The highest BCUT2D eigenvalue weighted by molar-refractivity contribution is 5.94. The Morgan fingerprint density at radius 1 is 0.712 bits per heavy atom. The number of rotatable bonds is 17. The van der Waals surface area contributed by atoms with Crippen LogP contribution in [0.25, 0.3) is 0 Å². The molecule has 17 nitrogen and oxygen atoms in total. The van der Waals surface area contributed by atoms with E-state index in [1.54, 1.807) is 37.3 Å². The van der Waals surface area contributed by atoms with Crippen molar-refractivity contribution in [3.05, 3.63) is 35.9 Å². The maximum atomic E-state index is 13.1. The van der Waals surface area contributed by atoms with E-state index >= 15 is 0 Å². The van der Waals surface area contributed by atoms with Crippen LogP contribution in [0.15, 0.2) is 30.3 Å². The van der Waals surface area contributed by atoms with E-state index in [0.717, 1.165) is 32.1 Å². The van der Waals surface area contributed by atoms with Crippen molar-refractivity contribution in [2.45, 2.75) is 151 Å². The van der Waals surface area contributed by atoms with Crippen molar-refractivity contribution < 1.29 is 73.8 Å². The lowest BCUT2D eigenvalue weighted by molar-refractivity contribution is -0.351. The highest BCUT2D eigenvalue weighted by Crippen LogP contribution is 2.31. The van der Waals surface area contributed by atoms with Crippen molar-refractivity contribution in [1.82, 2.24) is 10.6 Å². The van der Waals surface area contributed by atoms with Gasteiger partial charge in [-0.1, -0.05) is 57.2 Å². The lowest BCUT2D eigenvalue weighted by Crippen LogP contribution is -2.69. The monoisotopic (exact) mass is 744 g/mol. The number of amides is 2. The van der Waals surface area contributed by atoms with Crippen LogP contribution in [0.5, 0.6) is 0 Å². The number of benzene rings is 1. The van der Waals surface area contributed by atoms with Gasteiger partial charge in [-0.25, -0.2) is 0 Å². The second-order valence-electron chi connectivity index (χ2n) is 13.6. The molecule has 0 aliphatic carbocycles. The summed E-state index contributed by atoms with van der Waals surface area (Å²) in [5.41, 5.74) is 0.305. The standard InChI is InChI=1S/C35H56N2O15/c1-4-5-6-7-8-12-15-47-34-30(45)29(44)26(41)22(51-34)17-48-35-31(52-33-24(36-19(3)39)27(42)25(40)21(16-38)50-33)28(43)23(18(2)49-35)37-32(46)20-13-10-9-11-14-20/h9-11,13-14,18,21-31,33-35,38,40-45H,4-8,12,15-17H2,1-3H3,(H,36,39)(H,37,46)/t18-,21-,22-,23-,24-,25-,26-,27-,28+,29+,30-,31+,33+,34-,35+/m1/s1. The molecule has 1 aromatic carbocycles. The first-order chi connectivity index (χ1) is 24.9. The van der Waals surface area contributed by atoms with E-state index in [4.69, 9.17) is 28.4 Å². The Kier molecular flexibility index (Phi) is 16.6. The minimum Gasteiger partial charge on any atom is -0.394 e. The average Bonchev–Trinajstić information content (AvgIpc) is 3.13. The molecule has 52 heavy (non-hydrogen) atoms. The summed E-state index contributed by atoms with van der Waals surface area (Å²) in [6, 6.07) is 5.75. The number of carbonyl (C=O) groups is 2. The van der Waals surface area contributed by atoms with E-state index in [2.05, 4.69) is 17.6 Å². The highest BCUT2D eigenvalue weighted by Gasteiger charge is 2.52. The Morgan fingerprint density at radius 3 is 2.04 bits per heavy atom. The van der Waals surface area contributed by atoms with Gasteiger partial charge in [0, 0.05) is 19.1 Å². The zero-order valence-corrected chi connectivity index (χ0v) is 29.8. The summed E-state index contributed by atoms with van der Waals surface area (Å²) >= 11 is 0. The number of hydrogen-bond donors (Lipinski definition) is 9. The smallest absolute Gasteiger partial charge is 0.251 e. The van der Waals surface area contributed by atoms with Crippen molar-refractivity contribution in [2.75, 3.05) is 19.8 Å². The molecule has 296 valence electrons. The van der Waals surface area contributed by atoms with E-state index in [0.29, 0.717) is 12.0 Å². The summed E-state index contributed by atoms with van der Waals surface area (Å²) in [6.07, 6.45) is -13.0. The largest absolute Gasteiger partial charge is 0.394 e. The van der Waals surface area contributed by atoms with Gasteiger partial charge in [-0.3, -0.25) is 9.59 Å². The minimum absolute atomic E-state index is 0.248. The number of carbonyl (C=O) groups excluding carboxylic acids is 2. The predicted molar refractivity (Wildman–Crippen MR) is 180 cm³/mol. The van der Waals surface area contributed by atoms with Crippen LogP contribution in [-0.4, -0.2) is 159 Å². The van der Waals surface area contributed by atoms with E-state index in [1.807, 2.05) is 0 Å². The number of nitrogens with one attached hydrogen (secondary N) is 2. The number of unbranched alkanes of at least 4 members (excludes halogenated alkanes) is 5. The highest BCUT2D eigenvalue weighted by atomic mass is 16.8. The van der Waals surface area contributed by atoms with Gasteiger partial charge in [0.2, 0.25) is 5.91 Å². The van der Waals surface area contributed by atoms with Crippen LogP contribution < -0.4 is 10.6 Å². The van der Waals surface area contributed by atoms with Gasteiger partial charge in [0.25, 0.3) is 5.91 Å². The maximum absolute atomic E-state index is 13.1. The van der Waals surface area contributed by atoms with Crippen LogP contribution in [0.4, 0.5) is 0 Å². The quantitative estimate of drug-likeness (QED) is 0.0817. The van der Waals surface area contributed by atoms with Gasteiger partial charge in [-0.05, 0) is 25.5 Å². The van der Waals surface area contributed by atoms with Gasteiger partial charge >= 0.3 is 0 Å². The topological polar surface area (TPSA) is 255 Å². The molecule has 17 heteroatoms. The molecule has 4 rings (SSSR count). The first-order valence-corrected chi connectivity index (χ1v) is 18.0. The summed E-state index contributed by atoms with van der Waals surface area (Å²) in [6.45, 7) is 3.92. The van der Waals surface area contributed by atoms with E-state index in [-0.39, 0.29) is 6.61 Å². The van der Waals surface area contributed by atoms with Gasteiger partial charge in [-0.2, -0.15) is 0 Å². The molecule has 9 N–H and O–H groups in total. The third kappa shape index (κ3) is 10.9. The fraction of sp³-hybridized carbons (Fsp3) is 0.771. The summed E-state index contributed by atoms with van der Waals surface area (Å²) in [5, 5.41) is 80.0. The molecule has 3 heterocycles. The second-order valence-corrected chi connectivity index (χ2v) is 13.6. The Bertz CT molecular complexity index is 1230. The predicted octanol–water partition coefficient (Wildman–Crippen LogP) is -1.58. The Labute approximate surface area is 303 Å². The molecule has 0 radical (unpaired) electrons. The Morgan fingerprint density at radius 2 is 1.37 bits per heavy atom. The maximum Gasteiger partial charge on any atom is 0.251 e. The van der Waals surface area contributed by atoms with E-state index in [9.17, 15) is 45.3 Å². The summed E-state index contributed by atoms with van der Waals surface area (Å²) in [5.74, 6) is -1.14. The second kappa shape index (κ2) is 20.4. The van der Waals surface area contributed by atoms with Crippen molar-refractivity contribution >= 4 is 11.8 Å². The van der Waals surface area contributed by atoms with Crippen LogP contribution in [-0.2, 0) is 33.2 Å². The minimum atomic E-state index is -1.67. The summed E-state index contributed by atoms with van der Waals surface area (Å²) in [7, 11) is 0. The normalized spacial score (nSPS) is 38.1. The molecular formula is C35H56N2O15. The molecule has 0 saturated carbocycles. The van der Waals surface area contributed by atoms with Gasteiger partial charge in [0.05, 0.1) is 25.4 Å².